The van der Waals surface area contributed by atoms with Gasteiger partial charge in [-0.3, -0.25) is 0 Å². The van der Waals surface area contributed by atoms with Crippen molar-refractivity contribution in [1.29, 1.82) is 0 Å². The molecule has 2 N–H and O–H groups in total. The van der Waals surface area contributed by atoms with Crippen LogP contribution in [-0.4, -0.2) is 35.0 Å². The van der Waals surface area contributed by atoms with Gasteiger partial charge in [-0.05, 0) is 31.1 Å². The van der Waals surface area contributed by atoms with Crippen LogP contribution in [-0.2, 0) is 9.53 Å². The molecule has 2 rings (SSSR count). The average Bonchev–Trinajstić information content (AvgIpc) is 2.03. The fourth-order valence-electron chi connectivity index (χ4n) is 2.50. The van der Waals surface area contributed by atoms with Gasteiger partial charge in [-0.25, -0.2) is 4.79 Å². The van der Waals surface area contributed by atoms with Crippen molar-refractivity contribution in [3.8, 4) is 0 Å². The third kappa shape index (κ3) is 1.34. The Hall–Kier alpha value is -0.610. The van der Waals surface area contributed by atoms with Gasteiger partial charge >= 0.3 is 5.97 Å². The zero-order chi connectivity index (χ0) is 9.53. The van der Waals surface area contributed by atoms with E-state index in [-0.39, 0.29) is 5.41 Å². The van der Waals surface area contributed by atoms with Gasteiger partial charge < -0.3 is 14.9 Å². The molecular formula is C9H14O4. The number of ether oxygens (including phenoxy) is 1. The van der Waals surface area contributed by atoms with Crippen molar-refractivity contribution in [2.45, 2.75) is 31.3 Å². The number of carbonyl (C=O) groups is 1. The van der Waals surface area contributed by atoms with E-state index in [0.717, 1.165) is 12.8 Å². The summed E-state index contributed by atoms with van der Waals surface area (Å²) in [6, 6.07) is 0. The van der Waals surface area contributed by atoms with Gasteiger partial charge in [-0.2, -0.15) is 0 Å². The normalized spacial score (nSPS) is 29.6. The second-order valence-electron chi connectivity index (χ2n) is 4.30. The first kappa shape index (κ1) is 8.97. The molecule has 0 unspecified atom stereocenters. The van der Waals surface area contributed by atoms with Crippen LogP contribution in [0.5, 0.6) is 0 Å². The monoisotopic (exact) mass is 186 g/mol. The standard InChI is InChI=1S/C9H14O4/c10-7(11)9(12)5-8(6-9)1-3-13-4-2-8/h12H,1-6H2,(H,10,11). The van der Waals surface area contributed by atoms with Crippen LogP contribution >= 0.6 is 0 Å². The lowest BCUT2D eigenvalue weighted by molar-refractivity contribution is -0.197. The SMILES string of the molecule is O=C(O)C1(O)CC2(CCOCC2)C1. The van der Waals surface area contributed by atoms with Gasteiger partial charge in [0.05, 0.1) is 0 Å². The zero-order valence-corrected chi connectivity index (χ0v) is 7.45. The highest BCUT2D eigenvalue weighted by Gasteiger charge is 2.58. The summed E-state index contributed by atoms with van der Waals surface area (Å²) < 4.78 is 5.20. The highest BCUT2D eigenvalue weighted by atomic mass is 16.5. The average molecular weight is 186 g/mol. The van der Waals surface area contributed by atoms with Gasteiger partial charge in [-0.15, -0.1) is 0 Å². The van der Waals surface area contributed by atoms with Gasteiger partial charge in [0.1, 0.15) is 0 Å². The maximum absolute atomic E-state index is 10.6. The van der Waals surface area contributed by atoms with Gasteiger partial charge in [0.25, 0.3) is 0 Å². The molecule has 4 heteroatoms. The van der Waals surface area contributed by atoms with Crippen LogP contribution in [0.3, 0.4) is 0 Å². The molecule has 0 amide bonds. The quantitative estimate of drug-likeness (QED) is 0.621. The summed E-state index contributed by atoms with van der Waals surface area (Å²) in [5.74, 6) is -1.08. The van der Waals surface area contributed by atoms with Crippen LogP contribution < -0.4 is 0 Å². The number of hydrogen-bond donors (Lipinski definition) is 2. The van der Waals surface area contributed by atoms with Crippen molar-refractivity contribution in [3.63, 3.8) is 0 Å². The minimum atomic E-state index is -1.45. The summed E-state index contributed by atoms with van der Waals surface area (Å²) in [7, 11) is 0. The lowest BCUT2D eigenvalue weighted by Gasteiger charge is -2.52. The van der Waals surface area contributed by atoms with E-state index in [2.05, 4.69) is 0 Å². The van der Waals surface area contributed by atoms with Gasteiger partial charge in [0.15, 0.2) is 5.60 Å². The molecule has 0 radical (unpaired) electrons. The van der Waals surface area contributed by atoms with E-state index in [9.17, 15) is 9.90 Å². The molecule has 1 saturated carbocycles. The van der Waals surface area contributed by atoms with E-state index in [1.165, 1.54) is 0 Å². The maximum atomic E-state index is 10.6. The Kier molecular flexibility index (Phi) is 1.85. The van der Waals surface area contributed by atoms with Crippen LogP contribution in [0.15, 0.2) is 0 Å². The first-order valence-corrected chi connectivity index (χ1v) is 4.60. The van der Waals surface area contributed by atoms with Crippen molar-refractivity contribution < 1.29 is 19.7 Å². The molecule has 0 bridgehead atoms. The van der Waals surface area contributed by atoms with Gasteiger partial charge in [0, 0.05) is 13.2 Å². The molecule has 1 spiro atoms. The fraction of sp³-hybridized carbons (Fsp3) is 0.889. The summed E-state index contributed by atoms with van der Waals surface area (Å²) >= 11 is 0. The lowest BCUT2D eigenvalue weighted by atomic mass is 9.56. The van der Waals surface area contributed by atoms with Crippen LogP contribution in [0.2, 0.25) is 0 Å². The van der Waals surface area contributed by atoms with Crippen LogP contribution in [0.25, 0.3) is 0 Å². The first-order valence-electron chi connectivity index (χ1n) is 4.60. The number of aliphatic carboxylic acids is 1. The van der Waals surface area contributed by atoms with E-state index in [1.54, 1.807) is 0 Å². The minimum Gasteiger partial charge on any atom is -0.479 e. The molecule has 1 saturated heterocycles. The Balaban J connectivity index is 1.98. The number of hydrogen-bond acceptors (Lipinski definition) is 3. The molecule has 74 valence electrons. The second-order valence-corrected chi connectivity index (χ2v) is 4.30. The molecular weight excluding hydrogens is 172 g/mol. The Morgan fingerprint density at radius 2 is 1.77 bits per heavy atom. The first-order chi connectivity index (χ1) is 6.06. The molecule has 1 aliphatic carbocycles. The predicted molar refractivity (Wildman–Crippen MR) is 44.3 cm³/mol. The van der Waals surface area contributed by atoms with E-state index >= 15 is 0 Å². The Morgan fingerprint density at radius 1 is 1.23 bits per heavy atom. The third-order valence-electron chi connectivity index (χ3n) is 3.29. The summed E-state index contributed by atoms with van der Waals surface area (Å²) in [6.07, 6.45) is 2.59. The predicted octanol–water partition coefficient (Wildman–Crippen LogP) is 0.393. The Labute approximate surface area is 76.5 Å². The summed E-state index contributed by atoms with van der Waals surface area (Å²) in [5, 5.41) is 18.3. The summed E-state index contributed by atoms with van der Waals surface area (Å²) in [4.78, 5) is 10.6. The number of carboxylic acids is 1. The summed E-state index contributed by atoms with van der Waals surface area (Å²) in [5.41, 5.74) is -1.39. The molecule has 0 aromatic rings. The highest BCUT2D eigenvalue weighted by molar-refractivity contribution is 5.78. The number of aliphatic hydroxyl groups is 1. The van der Waals surface area contributed by atoms with Gasteiger partial charge in [0.2, 0.25) is 0 Å². The van der Waals surface area contributed by atoms with Crippen molar-refractivity contribution in [1.82, 2.24) is 0 Å². The molecule has 13 heavy (non-hydrogen) atoms. The van der Waals surface area contributed by atoms with Crippen LogP contribution in [0.4, 0.5) is 0 Å². The van der Waals surface area contributed by atoms with Crippen LogP contribution in [0, 0.1) is 5.41 Å². The molecule has 0 atom stereocenters. The Bertz CT molecular complexity index is 222. The third-order valence-corrected chi connectivity index (χ3v) is 3.29. The molecule has 1 aliphatic heterocycles. The molecule has 4 nitrogen and oxygen atoms in total. The van der Waals surface area contributed by atoms with Crippen molar-refractivity contribution in [2.24, 2.45) is 5.41 Å². The van der Waals surface area contributed by atoms with E-state index in [0.29, 0.717) is 26.1 Å². The van der Waals surface area contributed by atoms with Crippen molar-refractivity contribution in [2.75, 3.05) is 13.2 Å². The minimum absolute atomic E-state index is 0.0609. The van der Waals surface area contributed by atoms with Gasteiger partial charge in [-0.1, -0.05) is 0 Å². The molecule has 0 aromatic heterocycles. The van der Waals surface area contributed by atoms with E-state index < -0.39 is 11.6 Å². The number of rotatable bonds is 1. The Morgan fingerprint density at radius 3 is 2.23 bits per heavy atom. The number of carboxylic acid groups (broad SMARTS) is 1. The summed E-state index contributed by atoms with van der Waals surface area (Å²) in [6.45, 7) is 1.41. The lowest BCUT2D eigenvalue weighted by Crippen LogP contribution is -2.58. The zero-order valence-electron chi connectivity index (χ0n) is 7.45. The highest BCUT2D eigenvalue weighted by Crippen LogP contribution is 2.54. The van der Waals surface area contributed by atoms with Crippen LogP contribution in [0.1, 0.15) is 25.7 Å². The molecule has 1 heterocycles. The molecule has 0 aromatic carbocycles. The maximum Gasteiger partial charge on any atom is 0.335 e. The van der Waals surface area contributed by atoms with E-state index in [1.807, 2.05) is 0 Å². The van der Waals surface area contributed by atoms with Crippen molar-refractivity contribution >= 4 is 5.97 Å². The topological polar surface area (TPSA) is 66.8 Å². The largest absolute Gasteiger partial charge is 0.479 e. The fourth-order valence-corrected chi connectivity index (χ4v) is 2.50. The van der Waals surface area contributed by atoms with E-state index in [4.69, 9.17) is 9.84 Å². The second kappa shape index (κ2) is 2.69. The smallest absolute Gasteiger partial charge is 0.335 e. The molecule has 2 fully saturated rings. The van der Waals surface area contributed by atoms with Crippen molar-refractivity contribution in [3.05, 3.63) is 0 Å². The molecule has 2 aliphatic rings.